The lowest BCUT2D eigenvalue weighted by Gasteiger charge is -2.31. The predicted octanol–water partition coefficient (Wildman–Crippen LogP) is 9.23. The van der Waals surface area contributed by atoms with Gasteiger partial charge in [0, 0.05) is 25.3 Å². The molecule has 4 aromatic carbocycles. The monoisotopic (exact) mass is 540 g/mol. The molecule has 1 aromatic heterocycles. The number of hydrogen-bond acceptors (Lipinski definition) is 1. The van der Waals surface area contributed by atoms with Gasteiger partial charge in [-0.3, -0.25) is 0 Å². The van der Waals surface area contributed by atoms with Crippen molar-refractivity contribution in [2.24, 2.45) is 0 Å². The fraction of sp³-hybridized carbons (Fsp3) is 0.103. The van der Waals surface area contributed by atoms with Gasteiger partial charge in [0.25, 0.3) is 0 Å². The van der Waals surface area contributed by atoms with Gasteiger partial charge in [0.2, 0.25) is 0 Å². The summed E-state index contributed by atoms with van der Waals surface area (Å²) in [6, 6.07) is 26.2. The van der Waals surface area contributed by atoms with Crippen molar-refractivity contribution in [2.75, 3.05) is 0 Å². The van der Waals surface area contributed by atoms with Crippen LogP contribution in [0.2, 0.25) is 0 Å². The van der Waals surface area contributed by atoms with Gasteiger partial charge >= 0.3 is 0 Å². The molecule has 0 aliphatic heterocycles. The zero-order valence-corrected chi connectivity index (χ0v) is 20.8. The molecule has 1 unspecified atom stereocenters. The van der Waals surface area contributed by atoms with Gasteiger partial charge in [-0.15, -0.1) is 0 Å². The van der Waals surface area contributed by atoms with Crippen LogP contribution in [0.5, 0.6) is 0 Å². The Hall–Kier alpha value is -2.62. The van der Waals surface area contributed by atoms with E-state index in [0.717, 1.165) is 30.9 Å². The lowest BCUT2D eigenvalue weighted by Crippen LogP contribution is -2.26. The number of furan rings is 1. The van der Waals surface area contributed by atoms with E-state index in [-0.39, 0.29) is 5.41 Å². The summed E-state index contributed by atoms with van der Waals surface area (Å²) in [7, 11) is 0. The molecule has 0 radical (unpaired) electrons. The minimum Gasteiger partial charge on any atom is -0.455 e. The summed E-state index contributed by atoms with van der Waals surface area (Å²) in [6.45, 7) is 4.55. The second-order valence-electron chi connectivity index (χ2n) is 8.82. The normalized spacial score (nSPS) is 18.6. The first-order chi connectivity index (χ1) is 15.5. The molecule has 1 heterocycles. The molecule has 1 spiro atoms. The van der Waals surface area contributed by atoms with Gasteiger partial charge in [0.05, 0.1) is 5.41 Å². The second-order valence-corrected chi connectivity index (χ2v) is 10.6. The number of hydrogen-bond donors (Lipinski definition) is 0. The number of rotatable bonds is 0. The zero-order valence-electron chi connectivity index (χ0n) is 17.6. The zero-order chi connectivity index (χ0) is 21.8. The summed E-state index contributed by atoms with van der Waals surface area (Å²) < 4.78 is 8.73. The maximum Gasteiger partial charge on any atom is 0.144 e. The van der Waals surface area contributed by atoms with Crippen molar-refractivity contribution in [2.45, 2.75) is 19.3 Å². The minimum absolute atomic E-state index is 0.315. The molecule has 7 rings (SSSR count). The summed E-state index contributed by atoms with van der Waals surface area (Å²) in [6.07, 6.45) is 0. The summed E-state index contributed by atoms with van der Waals surface area (Å²) >= 11 is 7.69. The lowest BCUT2D eigenvalue weighted by atomic mass is 9.70. The molecule has 1 nitrogen and oxygen atoms in total. The highest BCUT2D eigenvalue weighted by atomic mass is 79.9. The first kappa shape index (κ1) is 18.9. The SMILES string of the molecule is CC1=C(C)C2(c3ccccc31)c1cc(Br)ccc1-c1c2cc(Br)c2c1oc1ccccc12. The van der Waals surface area contributed by atoms with Crippen LogP contribution in [-0.4, -0.2) is 0 Å². The van der Waals surface area contributed by atoms with Crippen molar-refractivity contribution in [1.29, 1.82) is 0 Å². The van der Waals surface area contributed by atoms with Crippen LogP contribution in [0.3, 0.4) is 0 Å². The maximum absolute atomic E-state index is 6.56. The van der Waals surface area contributed by atoms with Crippen LogP contribution in [0.25, 0.3) is 38.6 Å². The smallest absolute Gasteiger partial charge is 0.144 e. The van der Waals surface area contributed by atoms with Crippen molar-refractivity contribution < 1.29 is 4.42 Å². The Morgan fingerprint density at radius 1 is 0.750 bits per heavy atom. The highest BCUT2D eigenvalue weighted by Gasteiger charge is 2.52. The molecule has 154 valence electrons. The van der Waals surface area contributed by atoms with E-state index in [9.17, 15) is 0 Å². The Morgan fingerprint density at radius 3 is 2.41 bits per heavy atom. The number of allylic oxidation sites excluding steroid dienone is 2. The van der Waals surface area contributed by atoms with Crippen LogP contribution in [0.1, 0.15) is 36.1 Å². The average molecular weight is 542 g/mol. The molecule has 1 atom stereocenters. The minimum atomic E-state index is -0.315. The van der Waals surface area contributed by atoms with Crippen LogP contribution in [0, 0.1) is 0 Å². The summed E-state index contributed by atoms with van der Waals surface area (Å²) in [5.41, 5.74) is 12.1. The van der Waals surface area contributed by atoms with Gasteiger partial charge in [0.15, 0.2) is 0 Å². The highest BCUT2D eigenvalue weighted by Crippen LogP contribution is 2.63. The van der Waals surface area contributed by atoms with Crippen LogP contribution in [0.15, 0.2) is 91.7 Å². The number of para-hydroxylation sites is 1. The molecule has 0 saturated heterocycles. The van der Waals surface area contributed by atoms with E-state index in [4.69, 9.17) is 4.42 Å². The third-order valence-corrected chi connectivity index (χ3v) is 8.64. The topological polar surface area (TPSA) is 13.1 Å². The largest absolute Gasteiger partial charge is 0.455 e. The van der Waals surface area contributed by atoms with E-state index in [0.29, 0.717) is 0 Å². The van der Waals surface area contributed by atoms with E-state index >= 15 is 0 Å². The molecule has 0 N–H and O–H groups in total. The first-order valence-electron chi connectivity index (χ1n) is 10.8. The van der Waals surface area contributed by atoms with Crippen molar-refractivity contribution in [3.05, 3.63) is 110 Å². The van der Waals surface area contributed by atoms with E-state index in [1.54, 1.807) is 0 Å². The Labute approximate surface area is 203 Å². The Morgan fingerprint density at radius 2 is 1.53 bits per heavy atom. The number of benzene rings is 4. The maximum atomic E-state index is 6.56. The van der Waals surface area contributed by atoms with Crippen molar-refractivity contribution in [3.8, 4) is 11.1 Å². The van der Waals surface area contributed by atoms with Crippen molar-refractivity contribution in [3.63, 3.8) is 0 Å². The molecular formula is C29H18Br2O. The molecule has 2 aliphatic carbocycles. The Balaban J connectivity index is 1.75. The fourth-order valence-corrected chi connectivity index (χ4v) is 7.11. The summed E-state index contributed by atoms with van der Waals surface area (Å²) in [4.78, 5) is 0. The quantitative estimate of drug-likeness (QED) is 0.190. The Bertz CT molecular complexity index is 1670. The second kappa shape index (κ2) is 6.24. The standard InChI is InChI=1S/C29H18Br2O/c1-15-16(2)29(21-9-5-3-7-18(15)21)22-13-17(30)11-12-19(22)26-23(29)14-24(31)27-20-8-4-6-10-25(20)32-28(26)27/h3-14H,1-2H3. The first-order valence-corrected chi connectivity index (χ1v) is 12.3. The summed E-state index contributed by atoms with van der Waals surface area (Å²) in [5, 5.41) is 2.29. The molecule has 2 aliphatic rings. The third kappa shape index (κ3) is 2.05. The summed E-state index contributed by atoms with van der Waals surface area (Å²) in [5.74, 6) is 0. The van der Waals surface area contributed by atoms with Gasteiger partial charge in [0.1, 0.15) is 11.2 Å². The van der Waals surface area contributed by atoms with E-state index in [2.05, 4.69) is 112 Å². The van der Waals surface area contributed by atoms with Crippen LogP contribution in [0.4, 0.5) is 0 Å². The van der Waals surface area contributed by atoms with Crippen LogP contribution < -0.4 is 0 Å². The van der Waals surface area contributed by atoms with Crippen LogP contribution >= 0.6 is 31.9 Å². The van der Waals surface area contributed by atoms with Crippen molar-refractivity contribution >= 4 is 59.4 Å². The lowest BCUT2D eigenvalue weighted by molar-refractivity contribution is 0.668. The third-order valence-electron chi connectivity index (χ3n) is 7.52. The molecule has 0 bridgehead atoms. The highest BCUT2D eigenvalue weighted by molar-refractivity contribution is 9.11. The molecule has 0 saturated carbocycles. The van der Waals surface area contributed by atoms with Crippen LogP contribution in [-0.2, 0) is 5.41 Å². The molecule has 0 amide bonds. The fourth-order valence-electron chi connectivity index (χ4n) is 6.12. The van der Waals surface area contributed by atoms with Gasteiger partial charge in [-0.05, 0) is 71.5 Å². The van der Waals surface area contributed by atoms with Gasteiger partial charge < -0.3 is 4.42 Å². The van der Waals surface area contributed by atoms with E-state index in [1.165, 1.54) is 44.5 Å². The molecule has 0 fully saturated rings. The van der Waals surface area contributed by atoms with Crippen molar-refractivity contribution in [1.82, 2.24) is 0 Å². The van der Waals surface area contributed by atoms with E-state index in [1.807, 2.05) is 6.07 Å². The molecule has 32 heavy (non-hydrogen) atoms. The molecule has 5 aromatic rings. The number of halogens is 2. The van der Waals surface area contributed by atoms with Gasteiger partial charge in [-0.2, -0.15) is 0 Å². The van der Waals surface area contributed by atoms with Gasteiger partial charge in [-0.25, -0.2) is 0 Å². The predicted molar refractivity (Wildman–Crippen MR) is 139 cm³/mol. The Kier molecular flexibility index (Phi) is 3.69. The van der Waals surface area contributed by atoms with Gasteiger partial charge in [-0.1, -0.05) is 86.0 Å². The number of fused-ring (bicyclic) bond motifs is 11. The average Bonchev–Trinajstić information content (AvgIpc) is 3.39. The van der Waals surface area contributed by atoms with E-state index < -0.39 is 0 Å². The molecule has 3 heteroatoms. The molecular weight excluding hydrogens is 524 g/mol.